The maximum absolute atomic E-state index is 13.1. The Labute approximate surface area is 148 Å². The van der Waals surface area contributed by atoms with Gasteiger partial charge in [0.15, 0.2) is 14.8 Å². The smallest absolute Gasteiger partial charge is 0.274 e. The van der Waals surface area contributed by atoms with Crippen molar-refractivity contribution in [1.82, 2.24) is 19.2 Å². The van der Waals surface area contributed by atoms with Gasteiger partial charge in [0, 0.05) is 36.8 Å². The fraction of sp³-hybridized carbons (Fsp3) is 0.533. The Morgan fingerprint density at radius 3 is 2.84 bits per heavy atom. The zero-order valence-corrected chi connectivity index (χ0v) is 15.3. The first-order chi connectivity index (χ1) is 11.9. The topological polar surface area (TPSA) is 92.1 Å². The molecule has 2 atom stereocenters. The molecule has 0 spiro atoms. The number of thiazole rings is 1. The van der Waals surface area contributed by atoms with Gasteiger partial charge in [-0.3, -0.25) is 18.9 Å². The largest absolute Gasteiger partial charge is 0.330 e. The molecule has 2 aliphatic heterocycles. The maximum atomic E-state index is 13.1. The summed E-state index contributed by atoms with van der Waals surface area (Å²) in [5.74, 6) is -0.248. The molecular formula is C15H18N4O4S2. The van der Waals surface area contributed by atoms with E-state index in [2.05, 4.69) is 9.88 Å². The zero-order chi connectivity index (χ0) is 17.8. The number of piperazine rings is 1. The van der Waals surface area contributed by atoms with Crippen LogP contribution in [0.25, 0.3) is 4.96 Å². The van der Waals surface area contributed by atoms with Gasteiger partial charge in [-0.05, 0) is 6.54 Å². The number of carbonyl (C=O) groups excluding carboxylic acids is 1. The summed E-state index contributed by atoms with van der Waals surface area (Å²) in [4.78, 5) is 33.1. The molecule has 1 amide bonds. The summed E-state index contributed by atoms with van der Waals surface area (Å²) in [6.45, 7) is 3.83. The van der Waals surface area contributed by atoms with Crippen molar-refractivity contribution in [2.75, 3.05) is 31.1 Å². The van der Waals surface area contributed by atoms with E-state index in [1.165, 1.54) is 17.4 Å². The summed E-state index contributed by atoms with van der Waals surface area (Å²) in [5.41, 5.74) is -0.224. The van der Waals surface area contributed by atoms with Crippen LogP contribution >= 0.6 is 11.3 Å². The van der Waals surface area contributed by atoms with E-state index in [1.54, 1.807) is 20.9 Å². The van der Waals surface area contributed by atoms with Gasteiger partial charge in [0.1, 0.15) is 5.69 Å². The number of aromatic nitrogens is 2. The highest BCUT2D eigenvalue weighted by atomic mass is 32.2. The number of hydrogen-bond donors (Lipinski definition) is 0. The van der Waals surface area contributed by atoms with Crippen LogP contribution in [0.15, 0.2) is 22.4 Å². The summed E-state index contributed by atoms with van der Waals surface area (Å²) >= 11 is 1.28. The van der Waals surface area contributed by atoms with E-state index in [-0.39, 0.29) is 35.2 Å². The van der Waals surface area contributed by atoms with Gasteiger partial charge in [-0.1, -0.05) is 6.92 Å². The fourth-order valence-electron chi connectivity index (χ4n) is 3.83. The van der Waals surface area contributed by atoms with Gasteiger partial charge in [-0.15, -0.1) is 11.3 Å². The van der Waals surface area contributed by atoms with Crippen LogP contribution in [0.4, 0.5) is 0 Å². The lowest BCUT2D eigenvalue weighted by molar-refractivity contribution is 0.0343. The average molecular weight is 382 g/mol. The molecular weight excluding hydrogens is 364 g/mol. The van der Waals surface area contributed by atoms with E-state index < -0.39 is 15.4 Å². The number of carbonyl (C=O) groups is 1. The molecule has 4 rings (SSSR count). The Balaban J connectivity index is 1.74. The third-order valence-corrected chi connectivity index (χ3v) is 7.45. The molecule has 4 heterocycles. The van der Waals surface area contributed by atoms with Gasteiger partial charge in [-0.25, -0.2) is 8.42 Å². The number of rotatable bonds is 2. The van der Waals surface area contributed by atoms with Crippen LogP contribution in [0.2, 0.25) is 0 Å². The number of hydrogen-bond acceptors (Lipinski definition) is 7. The summed E-state index contributed by atoms with van der Waals surface area (Å²) < 4.78 is 25.9. The van der Waals surface area contributed by atoms with Gasteiger partial charge in [0.05, 0.1) is 17.5 Å². The van der Waals surface area contributed by atoms with Crippen LogP contribution in [-0.2, 0) is 9.84 Å². The molecule has 2 aliphatic rings. The molecule has 0 radical (unpaired) electrons. The SMILES string of the molecule is CCN1CCN(C(=O)c2cc(=O)nc3sccn23)[C@H]2CS(=O)(=O)C[C@H]21. The number of fused-ring (bicyclic) bond motifs is 2. The van der Waals surface area contributed by atoms with Crippen LogP contribution in [0, 0.1) is 0 Å². The second-order valence-electron chi connectivity index (χ2n) is 6.37. The first-order valence-corrected chi connectivity index (χ1v) is 10.8. The Bertz CT molecular complexity index is 996. The van der Waals surface area contributed by atoms with Crippen molar-refractivity contribution in [1.29, 1.82) is 0 Å². The quantitative estimate of drug-likeness (QED) is 0.708. The minimum atomic E-state index is -3.17. The van der Waals surface area contributed by atoms with Gasteiger partial charge < -0.3 is 4.90 Å². The van der Waals surface area contributed by atoms with Crippen LogP contribution in [0.3, 0.4) is 0 Å². The molecule has 8 nitrogen and oxygen atoms in total. The highest BCUT2D eigenvalue weighted by molar-refractivity contribution is 7.91. The number of nitrogens with zero attached hydrogens (tertiary/aromatic N) is 4. The summed E-state index contributed by atoms with van der Waals surface area (Å²) in [6, 6.07) is 0.681. The Hall–Kier alpha value is -1.78. The first-order valence-electron chi connectivity index (χ1n) is 8.12. The predicted octanol–water partition coefficient (Wildman–Crippen LogP) is -0.301. The van der Waals surface area contributed by atoms with Crippen LogP contribution < -0.4 is 5.56 Å². The van der Waals surface area contributed by atoms with Crippen molar-refractivity contribution < 1.29 is 13.2 Å². The Kier molecular flexibility index (Phi) is 3.93. The minimum Gasteiger partial charge on any atom is -0.330 e. The molecule has 0 aliphatic carbocycles. The Morgan fingerprint density at radius 1 is 1.32 bits per heavy atom. The van der Waals surface area contributed by atoms with Crippen LogP contribution in [-0.4, -0.2) is 76.7 Å². The van der Waals surface area contributed by atoms with Crippen molar-refractivity contribution in [3.8, 4) is 0 Å². The van der Waals surface area contributed by atoms with Gasteiger partial charge >= 0.3 is 0 Å². The third-order valence-electron chi connectivity index (χ3n) is 4.99. The highest BCUT2D eigenvalue weighted by Crippen LogP contribution is 2.28. The summed E-state index contributed by atoms with van der Waals surface area (Å²) in [6.07, 6.45) is 1.70. The molecule has 25 heavy (non-hydrogen) atoms. The van der Waals surface area contributed by atoms with E-state index in [1.807, 2.05) is 6.92 Å². The molecule has 0 aromatic carbocycles. The van der Waals surface area contributed by atoms with E-state index in [0.717, 1.165) is 6.54 Å². The monoisotopic (exact) mass is 382 g/mol. The van der Waals surface area contributed by atoms with Gasteiger partial charge in [0.25, 0.3) is 11.5 Å². The molecule has 0 saturated carbocycles. The normalized spacial score (nSPS) is 26.0. The van der Waals surface area contributed by atoms with Crippen molar-refractivity contribution in [2.45, 2.75) is 19.0 Å². The molecule has 2 aromatic rings. The third kappa shape index (κ3) is 2.77. The van der Waals surface area contributed by atoms with Gasteiger partial charge in [0.2, 0.25) is 0 Å². The van der Waals surface area contributed by atoms with E-state index in [0.29, 0.717) is 18.1 Å². The molecule has 0 bridgehead atoms. The maximum Gasteiger partial charge on any atom is 0.274 e. The molecule has 10 heteroatoms. The zero-order valence-electron chi connectivity index (χ0n) is 13.7. The van der Waals surface area contributed by atoms with Crippen LogP contribution in [0.1, 0.15) is 17.4 Å². The minimum absolute atomic E-state index is 0.0212. The average Bonchev–Trinajstić information content (AvgIpc) is 3.14. The van der Waals surface area contributed by atoms with E-state index in [4.69, 9.17) is 0 Å². The van der Waals surface area contributed by atoms with E-state index in [9.17, 15) is 18.0 Å². The van der Waals surface area contributed by atoms with Crippen molar-refractivity contribution in [2.24, 2.45) is 0 Å². The number of sulfone groups is 1. The standard InChI is InChI=1S/C15H18N4O4S2/c1-2-17-3-4-18(12-9-25(22,23)8-11(12)17)14(21)10-7-13(20)16-15-19(10)5-6-24-15/h5-7,11-12H,2-4,8-9H2,1H3/t11-,12+/m1/s1. The van der Waals surface area contributed by atoms with Crippen LogP contribution in [0.5, 0.6) is 0 Å². The lowest BCUT2D eigenvalue weighted by Gasteiger charge is -2.43. The second kappa shape index (κ2) is 5.89. The molecule has 2 aromatic heterocycles. The van der Waals surface area contributed by atoms with Crippen molar-refractivity contribution in [3.05, 3.63) is 33.7 Å². The fourth-order valence-corrected chi connectivity index (χ4v) is 6.56. The number of likely N-dealkylation sites (N-methyl/N-ethyl adjacent to an activating group) is 1. The molecule has 2 saturated heterocycles. The van der Waals surface area contributed by atoms with Crippen molar-refractivity contribution in [3.63, 3.8) is 0 Å². The van der Waals surface area contributed by atoms with E-state index >= 15 is 0 Å². The van der Waals surface area contributed by atoms with Gasteiger partial charge in [-0.2, -0.15) is 4.98 Å². The van der Waals surface area contributed by atoms with Crippen molar-refractivity contribution >= 4 is 32.0 Å². The highest BCUT2D eigenvalue weighted by Gasteiger charge is 2.47. The summed E-state index contributed by atoms with van der Waals surface area (Å²) in [7, 11) is -3.17. The predicted molar refractivity (Wildman–Crippen MR) is 93.9 cm³/mol. The first kappa shape index (κ1) is 16.7. The summed E-state index contributed by atoms with van der Waals surface area (Å²) in [5, 5.41) is 1.76. The lowest BCUT2D eigenvalue weighted by atomic mass is 10.0. The molecule has 0 unspecified atom stereocenters. The molecule has 2 fully saturated rings. The Morgan fingerprint density at radius 2 is 2.08 bits per heavy atom. The molecule has 0 N–H and O–H groups in total. The second-order valence-corrected chi connectivity index (χ2v) is 9.40. The molecule has 134 valence electrons. The lowest BCUT2D eigenvalue weighted by Crippen LogP contribution is -2.60. The number of amides is 1.